The van der Waals surface area contributed by atoms with Gasteiger partial charge in [0, 0.05) is 11.8 Å². The van der Waals surface area contributed by atoms with Gasteiger partial charge in [-0.15, -0.1) is 23.2 Å². The van der Waals surface area contributed by atoms with Crippen molar-refractivity contribution in [1.82, 2.24) is 5.32 Å². The van der Waals surface area contributed by atoms with Gasteiger partial charge in [-0.1, -0.05) is 6.92 Å². The van der Waals surface area contributed by atoms with Crippen LogP contribution in [0, 0.1) is 0 Å². The molecule has 1 aromatic rings. The van der Waals surface area contributed by atoms with Gasteiger partial charge in [0.25, 0.3) is 5.91 Å². The highest BCUT2D eigenvalue weighted by atomic mass is 35.5. The highest BCUT2D eigenvalue weighted by molar-refractivity contribution is 6.22. The number of carbonyl (C=O) groups is 1. The lowest BCUT2D eigenvalue weighted by Gasteiger charge is -2.28. The van der Waals surface area contributed by atoms with Crippen LogP contribution in [-0.4, -0.2) is 23.2 Å². The minimum absolute atomic E-state index is 0.267. The molecule has 84 valence electrons. The Balaban J connectivity index is 2.71. The molecule has 1 heterocycles. The quantitative estimate of drug-likeness (QED) is 0.816. The lowest BCUT2D eigenvalue weighted by molar-refractivity contribution is 0.0885. The maximum Gasteiger partial charge on any atom is 0.287 e. The summed E-state index contributed by atoms with van der Waals surface area (Å²) in [4.78, 5) is 11.7. The molecule has 0 bridgehead atoms. The van der Waals surface area contributed by atoms with Gasteiger partial charge in [-0.3, -0.25) is 4.79 Å². The van der Waals surface area contributed by atoms with Gasteiger partial charge in [-0.2, -0.15) is 0 Å². The number of nitrogens with one attached hydrogen (secondary N) is 1. The topological polar surface area (TPSA) is 42.2 Å². The smallest absolute Gasteiger partial charge is 0.287 e. The molecule has 0 fully saturated rings. The summed E-state index contributed by atoms with van der Waals surface area (Å²) < 4.78 is 4.98. The van der Waals surface area contributed by atoms with E-state index in [0.717, 1.165) is 0 Å². The predicted molar refractivity (Wildman–Crippen MR) is 60.6 cm³/mol. The van der Waals surface area contributed by atoms with Crippen LogP contribution in [-0.2, 0) is 0 Å². The number of rotatable bonds is 5. The Morgan fingerprint density at radius 1 is 1.53 bits per heavy atom. The molecule has 1 aromatic heterocycles. The predicted octanol–water partition coefficient (Wildman–Crippen LogP) is 2.64. The fraction of sp³-hybridized carbons (Fsp3) is 0.500. The van der Waals surface area contributed by atoms with Crippen molar-refractivity contribution in [3.8, 4) is 0 Å². The fourth-order valence-electron chi connectivity index (χ4n) is 1.09. The van der Waals surface area contributed by atoms with Crippen molar-refractivity contribution < 1.29 is 9.21 Å². The maximum absolute atomic E-state index is 11.7. The normalized spacial score (nSPS) is 11.4. The van der Waals surface area contributed by atoms with Crippen molar-refractivity contribution in [2.45, 2.75) is 18.9 Å². The summed E-state index contributed by atoms with van der Waals surface area (Å²) in [5, 5.41) is 2.79. The highest BCUT2D eigenvalue weighted by Crippen LogP contribution is 2.16. The third kappa shape index (κ3) is 2.89. The van der Waals surface area contributed by atoms with Gasteiger partial charge in [0.2, 0.25) is 0 Å². The Morgan fingerprint density at radius 3 is 2.60 bits per heavy atom. The second-order valence-corrected chi connectivity index (χ2v) is 3.87. The minimum atomic E-state index is -0.563. The van der Waals surface area contributed by atoms with Crippen LogP contribution in [0.1, 0.15) is 23.9 Å². The van der Waals surface area contributed by atoms with Gasteiger partial charge >= 0.3 is 0 Å². The summed E-state index contributed by atoms with van der Waals surface area (Å²) in [7, 11) is 0. The van der Waals surface area contributed by atoms with E-state index in [9.17, 15) is 4.79 Å². The zero-order valence-corrected chi connectivity index (χ0v) is 9.94. The SMILES string of the molecule is CCC(CCl)(CCl)NC(=O)c1ccco1. The van der Waals surface area contributed by atoms with E-state index >= 15 is 0 Å². The lowest BCUT2D eigenvalue weighted by Crippen LogP contribution is -2.51. The molecule has 1 amide bonds. The van der Waals surface area contributed by atoms with Crippen LogP contribution in [0.5, 0.6) is 0 Å². The zero-order valence-electron chi connectivity index (χ0n) is 8.43. The number of amides is 1. The van der Waals surface area contributed by atoms with Crippen LogP contribution < -0.4 is 5.32 Å². The maximum atomic E-state index is 11.7. The molecule has 0 aromatic carbocycles. The van der Waals surface area contributed by atoms with Crippen molar-refractivity contribution in [1.29, 1.82) is 0 Å². The number of alkyl halides is 2. The summed E-state index contributed by atoms with van der Waals surface area (Å²) in [6, 6.07) is 3.25. The summed E-state index contributed by atoms with van der Waals surface area (Å²) in [5.41, 5.74) is -0.563. The van der Waals surface area contributed by atoms with E-state index in [1.54, 1.807) is 12.1 Å². The van der Waals surface area contributed by atoms with Crippen LogP contribution in [0.15, 0.2) is 22.8 Å². The molecule has 15 heavy (non-hydrogen) atoms. The number of hydrogen-bond acceptors (Lipinski definition) is 2. The Hall–Kier alpha value is -0.670. The first-order valence-corrected chi connectivity index (χ1v) is 5.72. The molecule has 1 N–H and O–H groups in total. The molecule has 0 saturated heterocycles. The molecule has 5 heteroatoms. The van der Waals surface area contributed by atoms with E-state index < -0.39 is 5.54 Å². The van der Waals surface area contributed by atoms with Crippen molar-refractivity contribution in [2.75, 3.05) is 11.8 Å². The van der Waals surface area contributed by atoms with Crippen LogP contribution in [0.4, 0.5) is 0 Å². The molecule has 3 nitrogen and oxygen atoms in total. The first-order valence-electron chi connectivity index (χ1n) is 4.65. The van der Waals surface area contributed by atoms with E-state index in [2.05, 4.69) is 5.32 Å². The standard InChI is InChI=1S/C10H13Cl2NO2/c1-2-10(6-11,7-12)13-9(14)8-4-3-5-15-8/h3-5H,2,6-7H2,1H3,(H,13,14). The second kappa shape index (κ2) is 5.42. The third-order valence-corrected chi connectivity index (χ3v) is 3.34. The Morgan fingerprint density at radius 2 is 2.20 bits per heavy atom. The first-order chi connectivity index (χ1) is 7.17. The van der Waals surface area contributed by atoms with E-state index in [1.807, 2.05) is 6.92 Å². The molecule has 0 atom stereocenters. The first kappa shape index (κ1) is 12.4. The van der Waals surface area contributed by atoms with E-state index in [1.165, 1.54) is 6.26 Å². The molecule has 0 spiro atoms. The third-order valence-electron chi connectivity index (χ3n) is 2.31. The van der Waals surface area contributed by atoms with E-state index in [-0.39, 0.29) is 23.4 Å². The molecular weight excluding hydrogens is 237 g/mol. The second-order valence-electron chi connectivity index (χ2n) is 3.33. The Kier molecular flexibility index (Phi) is 4.48. The fourth-order valence-corrected chi connectivity index (χ4v) is 1.89. The monoisotopic (exact) mass is 249 g/mol. The largest absolute Gasteiger partial charge is 0.459 e. The van der Waals surface area contributed by atoms with Gasteiger partial charge in [0.1, 0.15) is 0 Å². The summed E-state index contributed by atoms with van der Waals surface area (Å²) >= 11 is 11.6. The van der Waals surface area contributed by atoms with Gasteiger partial charge in [0.05, 0.1) is 11.8 Å². The van der Waals surface area contributed by atoms with Crippen LogP contribution in [0.25, 0.3) is 0 Å². The summed E-state index contributed by atoms with van der Waals surface area (Å²) in [5.74, 6) is 0.532. The van der Waals surface area contributed by atoms with Crippen LogP contribution >= 0.6 is 23.2 Å². The average molecular weight is 250 g/mol. The molecule has 0 radical (unpaired) electrons. The molecule has 0 aliphatic rings. The average Bonchev–Trinajstić information content (AvgIpc) is 2.79. The van der Waals surface area contributed by atoms with Gasteiger partial charge in [0.15, 0.2) is 5.76 Å². The lowest BCUT2D eigenvalue weighted by atomic mass is 10.0. The van der Waals surface area contributed by atoms with E-state index in [4.69, 9.17) is 27.6 Å². The Labute approximate surface area is 98.7 Å². The van der Waals surface area contributed by atoms with Crippen molar-refractivity contribution in [3.63, 3.8) is 0 Å². The van der Waals surface area contributed by atoms with E-state index in [0.29, 0.717) is 6.42 Å². The molecule has 0 aliphatic heterocycles. The van der Waals surface area contributed by atoms with Gasteiger partial charge < -0.3 is 9.73 Å². The number of hydrogen-bond donors (Lipinski definition) is 1. The van der Waals surface area contributed by atoms with Crippen molar-refractivity contribution in [2.24, 2.45) is 0 Å². The number of furan rings is 1. The summed E-state index contributed by atoms with van der Waals surface area (Å²) in [6.07, 6.45) is 2.12. The molecular formula is C10H13Cl2NO2. The Bertz CT molecular complexity index is 299. The van der Waals surface area contributed by atoms with Gasteiger partial charge in [-0.05, 0) is 18.6 Å². The number of halogens is 2. The van der Waals surface area contributed by atoms with Gasteiger partial charge in [-0.25, -0.2) is 0 Å². The summed E-state index contributed by atoms with van der Waals surface area (Å²) in [6.45, 7) is 1.92. The molecule has 1 rings (SSSR count). The highest BCUT2D eigenvalue weighted by Gasteiger charge is 2.29. The van der Waals surface area contributed by atoms with Crippen LogP contribution in [0.2, 0.25) is 0 Å². The molecule has 0 aliphatic carbocycles. The molecule has 0 unspecified atom stereocenters. The zero-order chi connectivity index (χ0) is 11.3. The van der Waals surface area contributed by atoms with Crippen molar-refractivity contribution >= 4 is 29.1 Å². The minimum Gasteiger partial charge on any atom is -0.459 e. The number of carbonyl (C=O) groups excluding carboxylic acids is 1. The van der Waals surface area contributed by atoms with Crippen molar-refractivity contribution in [3.05, 3.63) is 24.2 Å². The van der Waals surface area contributed by atoms with Crippen LogP contribution in [0.3, 0.4) is 0 Å². The molecule has 0 saturated carbocycles.